The number of benzene rings is 1. The van der Waals surface area contributed by atoms with Crippen molar-refractivity contribution in [1.82, 2.24) is 5.32 Å². The van der Waals surface area contributed by atoms with E-state index >= 15 is 0 Å². The molecule has 0 aliphatic rings. The summed E-state index contributed by atoms with van der Waals surface area (Å²) in [5, 5.41) is 3.75. The van der Waals surface area contributed by atoms with Crippen molar-refractivity contribution in [2.75, 3.05) is 13.7 Å². The predicted octanol–water partition coefficient (Wildman–Crippen LogP) is 3.32. The maximum Gasteiger partial charge on any atom is 0.224 e. The molecule has 1 aromatic rings. The predicted molar refractivity (Wildman–Crippen MR) is 74.6 cm³/mol. The standard InChI is InChI=1S/C13H17Cl2NO2/c1-8(2)7-16-12(17)5-9-4-10(14)6-11(15)13(9)18-3/h4,6,8H,5,7H2,1-3H3,(H,16,17). The number of methoxy groups -OCH3 is 1. The smallest absolute Gasteiger partial charge is 0.224 e. The van der Waals surface area contributed by atoms with Gasteiger partial charge in [-0.15, -0.1) is 0 Å². The number of halogens is 2. The highest BCUT2D eigenvalue weighted by Gasteiger charge is 2.13. The van der Waals surface area contributed by atoms with E-state index < -0.39 is 0 Å². The Balaban J connectivity index is 2.80. The van der Waals surface area contributed by atoms with Crippen molar-refractivity contribution in [2.45, 2.75) is 20.3 Å². The molecule has 0 unspecified atom stereocenters. The highest BCUT2D eigenvalue weighted by molar-refractivity contribution is 6.35. The Labute approximate surface area is 117 Å². The number of amides is 1. The zero-order valence-corrected chi connectivity index (χ0v) is 12.2. The molecule has 1 N–H and O–H groups in total. The first kappa shape index (κ1) is 15.1. The molecule has 1 rings (SSSR count). The van der Waals surface area contributed by atoms with Gasteiger partial charge >= 0.3 is 0 Å². The number of nitrogens with one attached hydrogen (secondary N) is 1. The molecule has 5 heteroatoms. The van der Waals surface area contributed by atoms with E-state index in [1.165, 1.54) is 7.11 Å². The third-order valence-corrected chi connectivity index (χ3v) is 2.85. The zero-order chi connectivity index (χ0) is 13.7. The lowest BCUT2D eigenvalue weighted by atomic mass is 10.1. The molecule has 100 valence electrons. The topological polar surface area (TPSA) is 38.3 Å². The van der Waals surface area contributed by atoms with E-state index in [1.807, 2.05) is 13.8 Å². The van der Waals surface area contributed by atoms with Crippen LogP contribution < -0.4 is 10.1 Å². The molecule has 1 aromatic carbocycles. The Bertz CT molecular complexity index is 433. The van der Waals surface area contributed by atoms with Crippen molar-refractivity contribution in [3.05, 3.63) is 27.7 Å². The van der Waals surface area contributed by atoms with Crippen LogP contribution in [-0.2, 0) is 11.2 Å². The van der Waals surface area contributed by atoms with Gasteiger partial charge in [-0.2, -0.15) is 0 Å². The van der Waals surface area contributed by atoms with Crippen LogP contribution in [0.3, 0.4) is 0 Å². The van der Waals surface area contributed by atoms with Crippen LogP contribution in [0, 0.1) is 5.92 Å². The SMILES string of the molecule is COc1c(Cl)cc(Cl)cc1CC(=O)NCC(C)C. The van der Waals surface area contributed by atoms with Crippen molar-refractivity contribution in [2.24, 2.45) is 5.92 Å². The second-order valence-corrected chi connectivity index (χ2v) is 5.30. The van der Waals surface area contributed by atoms with E-state index in [9.17, 15) is 4.79 Å². The summed E-state index contributed by atoms with van der Waals surface area (Å²) < 4.78 is 5.19. The molecule has 3 nitrogen and oxygen atoms in total. The lowest BCUT2D eigenvalue weighted by Crippen LogP contribution is -2.28. The van der Waals surface area contributed by atoms with Crippen LogP contribution in [0.5, 0.6) is 5.75 Å². The van der Waals surface area contributed by atoms with Gasteiger partial charge in [0.1, 0.15) is 5.75 Å². The molecule has 0 aromatic heterocycles. The van der Waals surface area contributed by atoms with Gasteiger partial charge < -0.3 is 10.1 Å². The normalized spacial score (nSPS) is 10.6. The van der Waals surface area contributed by atoms with Gasteiger partial charge in [0.05, 0.1) is 18.6 Å². The van der Waals surface area contributed by atoms with Gasteiger partial charge in [0.25, 0.3) is 0 Å². The summed E-state index contributed by atoms with van der Waals surface area (Å²) in [7, 11) is 1.52. The highest BCUT2D eigenvalue weighted by atomic mass is 35.5. The molecule has 18 heavy (non-hydrogen) atoms. The fourth-order valence-corrected chi connectivity index (χ4v) is 2.14. The Morgan fingerprint density at radius 2 is 2.06 bits per heavy atom. The largest absolute Gasteiger partial charge is 0.495 e. The molecule has 1 amide bonds. The molecule has 0 atom stereocenters. The molecular weight excluding hydrogens is 273 g/mol. The number of rotatable bonds is 5. The lowest BCUT2D eigenvalue weighted by Gasteiger charge is -2.12. The number of hydrogen-bond donors (Lipinski definition) is 1. The molecule has 0 radical (unpaired) electrons. The average molecular weight is 290 g/mol. The van der Waals surface area contributed by atoms with Crippen molar-refractivity contribution in [3.8, 4) is 5.75 Å². The third-order valence-electron chi connectivity index (χ3n) is 2.35. The molecule has 0 heterocycles. The number of carbonyl (C=O) groups is 1. The molecule has 0 spiro atoms. The van der Waals surface area contributed by atoms with Crippen LogP contribution in [-0.4, -0.2) is 19.6 Å². The van der Waals surface area contributed by atoms with E-state index in [1.54, 1.807) is 12.1 Å². The van der Waals surface area contributed by atoms with Crippen molar-refractivity contribution >= 4 is 29.1 Å². The summed E-state index contributed by atoms with van der Waals surface area (Å²) >= 11 is 11.9. The minimum atomic E-state index is -0.0691. The minimum absolute atomic E-state index is 0.0691. The molecule has 0 aliphatic heterocycles. The Kier molecular flexibility index (Phi) is 5.76. The summed E-state index contributed by atoms with van der Waals surface area (Å²) in [6.45, 7) is 4.73. The molecule has 0 fully saturated rings. The summed E-state index contributed by atoms with van der Waals surface area (Å²) in [5.41, 5.74) is 0.691. The number of carbonyl (C=O) groups excluding carboxylic acids is 1. The fraction of sp³-hybridized carbons (Fsp3) is 0.462. The zero-order valence-electron chi connectivity index (χ0n) is 10.7. The molecule has 0 bridgehead atoms. The summed E-state index contributed by atoms with van der Waals surface area (Å²) in [6.07, 6.45) is 0.205. The first-order valence-electron chi connectivity index (χ1n) is 5.72. The van der Waals surface area contributed by atoms with Crippen molar-refractivity contribution < 1.29 is 9.53 Å². The van der Waals surface area contributed by atoms with E-state index in [2.05, 4.69) is 5.32 Å². The van der Waals surface area contributed by atoms with Crippen LogP contribution in [0.25, 0.3) is 0 Å². The van der Waals surface area contributed by atoms with E-state index in [0.29, 0.717) is 33.8 Å². The van der Waals surface area contributed by atoms with E-state index in [4.69, 9.17) is 27.9 Å². The average Bonchev–Trinajstić information content (AvgIpc) is 2.26. The highest BCUT2D eigenvalue weighted by Crippen LogP contribution is 2.32. The second-order valence-electron chi connectivity index (χ2n) is 4.45. The first-order valence-corrected chi connectivity index (χ1v) is 6.48. The summed E-state index contributed by atoms with van der Waals surface area (Å²) in [4.78, 5) is 11.8. The molecule has 0 saturated heterocycles. The molecule has 0 aliphatic carbocycles. The van der Waals surface area contributed by atoms with Gasteiger partial charge in [-0.05, 0) is 18.1 Å². The van der Waals surface area contributed by atoms with Gasteiger partial charge in [0.15, 0.2) is 0 Å². The third kappa shape index (κ3) is 4.39. The second kappa shape index (κ2) is 6.86. The van der Waals surface area contributed by atoms with Crippen LogP contribution >= 0.6 is 23.2 Å². The number of hydrogen-bond acceptors (Lipinski definition) is 2. The molecule has 0 saturated carbocycles. The van der Waals surface area contributed by atoms with Crippen molar-refractivity contribution in [3.63, 3.8) is 0 Å². The summed E-state index contributed by atoms with van der Waals surface area (Å²) in [6, 6.07) is 3.29. The molecular formula is C13H17Cl2NO2. The van der Waals surface area contributed by atoms with E-state index in [-0.39, 0.29) is 12.3 Å². The van der Waals surface area contributed by atoms with Crippen LogP contribution in [0.15, 0.2) is 12.1 Å². The number of ether oxygens (including phenoxy) is 1. The van der Waals surface area contributed by atoms with Crippen molar-refractivity contribution in [1.29, 1.82) is 0 Å². The van der Waals surface area contributed by atoms with Gasteiger partial charge in [-0.1, -0.05) is 37.0 Å². The Hall–Kier alpha value is -0.930. The quantitative estimate of drug-likeness (QED) is 0.903. The monoisotopic (exact) mass is 289 g/mol. The van der Waals surface area contributed by atoms with Gasteiger partial charge in [0, 0.05) is 17.1 Å². The Morgan fingerprint density at radius 3 is 2.61 bits per heavy atom. The fourth-order valence-electron chi connectivity index (χ4n) is 1.53. The maximum absolute atomic E-state index is 11.8. The van der Waals surface area contributed by atoms with Gasteiger partial charge in [-0.3, -0.25) is 4.79 Å². The van der Waals surface area contributed by atoms with Gasteiger partial charge in [0.2, 0.25) is 5.91 Å². The lowest BCUT2D eigenvalue weighted by molar-refractivity contribution is -0.120. The van der Waals surface area contributed by atoms with E-state index in [0.717, 1.165) is 0 Å². The maximum atomic E-state index is 11.8. The first-order chi connectivity index (χ1) is 8.43. The van der Waals surface area contributed by atoms with Crippen LogP contribution in [0.1, 0.15) is 19.4 Å². The van der Waals surface area contributed by atoms with Crippen LogP contribution in [0.2, 0.25) is 10.0 Å². The van der Waals surface area contributed by atoms with Crippen LogP contribution in [0.4, 0.5) is 0 Å². The minimum Gasteiger partial charge on any atom is -0.495 e. The van der Waals surface area contributed by atoms with Gasteiger partial charge in [-0.25, -0.2) is 0 Å². The summed E-state index contributed by atoms with van der Waals surface area (Å²) in [5.74, 6) is 0.847. The Morgan fingerprint density at radius 1 is 1.39 bits per heavy atom.